The van der Waals surface area contributed by atoms with Gasteiger partial charge in [-0.2, -0.15) is 0 Å². The average molecular weight is 321 g/mol. The van der Waals surface area contributed by atoms with Crippen molar-refractivity contribution in [2.24, 2.45) is 5.73 Å². The Hall–Kier alpha value is -1.39. The standard InChI is InChI=1S/C15H17BrN2O/c1-3-13-15(8-7-10(2)18-13)19-14-6-4-5-12(16)11(14)9-17/h4-8H,3,9,17H2,1-2H3. The minimum absolute atomic E-state index is 0.428. The molecule has 1 heterocycles. The summed E-state index contributed by atoms with van der Waals surface area (Å²) in [5.41, 5.74) is 8.70. The highest BCUT2D eigenvalue weighted by atomic mass is 79.9. The fraction of sp³-hybridized carbons (Fsp3) is 0.267. The monoisotopic (exact) mass is 320 g/mol. The zero-order valence-electron chi connectivity index (χ0n) is 11.1. The quantitative estimate of drug-likeness (QED) is 0.927. The van der Waals surface area contributed by atoms with Crippen molar-refractivity contribution in [1.29, 1.82) is 0 Å². The summed E-state index contributed by atoms with van der Waals surface area (Å²) in [5, 5.41) is 0. The van der Waals surface area contributed by atoms with E-state index in [1.807, 2.05) is 37.3 Å². The molecule has 3 nitrogen and oxygen atoms in total. The number of aryl methyl sites for hydroxylation is 2. The smallest absolute Gasteiger partial charge is 0.148 e. The molecule has 0 fully saturated rings. The van der Waals surface area contributed by atoms with Crippen molar-refractivity contribution >= 4 is 15.9 Å². The van der Waals surface area contributed by atoms with Crippen LogP contribution in [0.4, 0.5) is 0 Å². The molecule has 1 aromatic carbocycles. The molecule has 4 heteroatoms. The van der Waals surface area contributed by atoms with E-state index in [1.165, 1.54) is 0 Å². The summed E-state index contributed by atoms with van der Waals surface area (Å²) in [7, 11) is 0. The summed E-state index contributed by atoms with van der Waals surface area (Å²) in [6.45, 7) is 4.48. The number of benzene rings is 1. The lowest BCUT2D eigenvalue weighted by atomic mass is 10.2. The van der Waals surface area contributed by atoms with Crippen molar-refractivity contribution in [3.05, 3.63) is 51.8 Å². The third-order valence-electron chi connectivity index (χ3n) is 2.91. The van der Waals surface area contributed by atoms with Crippen LogP contribution < -0.4 is 10.5 Å². The Balaban J connectivity index is 2.39. The number of nitrogens with two attached hydrogens (primary N) is 1. The SMILES string of the molecule is CCc1nc(C)ccc1Oc1cccc(Br)c1CN. The molecule has 0 saturated carbocycles. The number of hydrogen-bond acceptors (Lipinski definition) is 3. The zero-order valence-corrected chi connectivity index (χ0v) is 12.7. The highest BCUT2D eigenvalue weighted by Gasteiger charge is 2.10. The van der Waals surface area contributed by atoms with Crippen molar-refractivity contribution in [2.45, 2.75) is 26.8 Å². The number of ether oxygens (including phenoxy) is 1. The van der Waals surface area contributed by atoms with Crippen molar-refractivity contribution in [2.75, 3.05) is 0 Å². The zero-order chi connectivity index (χ0) is 13.8. The fourth-order valence-corrected chi connectivity index (χ4v) is 2.40. The van der Waals surface area contributed by atoms with E-state index in [0.717, 1.165) is 39.3 Å². The summed E-state index contributed by atoms with van der Waals surface area (Å²) >= 11 is 3.49. The topological polar surface area (TPSA) is 48.1 Å². The second kappa shape index (κ2) is 6.17. The predicted octanol–water partition coefficient (Wildman–Crippen LogP) is 3.97. The van der Waals surface area contributed by atoms with Gasteiger partial charge in [0.2, 0.25) is 0 Å². The van der Waals surface area contributed by atoms with E-state index in [-0.39, 0.29) is 0 Å². The van der Waals surface area contributed by atoms with Crippen LogP contribution in [0, 0.1) is 6.92 Å². The third kappa shape index (κ3) is 3.14. The number of halogens is 1. The van der Waals surface area contributed by atoms with Gasteiger partial charge in [-0.25, -0.2) is 0 Å². The lowest BCUT2D eigenvalue weighted by Crippen LogP contribution is -2.02. The summed E-state index contributed by atoms with van der Waals surface area (Å²) < 4.78 is 6.95. The Labute approximate surface area is 121 Å². The van der Waals surface area contributed by atoms with Crippen LogP contribution in [-0.4, -0.2) is 4.98 Å². The van der Waals surface area contributed by atoms with Gasteiger partial charge in [0.15, 0.2) is 0 Å². The minimum atomic E-state index is 0.428. The van der Waals surface area contributed by atoms with E-state index in [9.17, 15) is 0 Å². The first-order chi connectivity index (χ1) is 9.15. The number of nitrogens with zero attached hydrogens (tertiary/aromatic N) is 1. The van der Waals surface area contributed by atoms with Crippen molar-refractivity contribution in [3.63, 3.8) is 0 Å². The van der Waals surface area contributed by atoms with Gasteiger partial charge < -0.3 is 10.5 Å². The highest BCUT2D eigenvalue weighted by Crippen LogP contribution is 2.31. The maximum atomic E-state index is 5.99. The molecule has 0 spiro atoms. The van der Waals surface area contributed by atoms with E-state index in [4.69, 9.17) is 10.5 Å². The van der Waals surface area contributed by atoms with E-state index < -0.39 is 0 Å². The van der Waals surface area contributed by atoms with Gasteiger partial charge >= 0.3 is 0 Å². The van der Waals surface area contributed by atoms with Gasteiger partial charge in [0.25, 0.3) is 0 Å². The summed E-state index contributed by atoms with van der Waals surface area (Å²) in [6.07, 6.45) is 0.836. The second-order valence-electron chi connectivity index (χ2n) is 4.27. The molecule has 0 radical (unpaired) electrons. The van der Waals surface area contributed by atoms with Gasteiger partial charge in [-0.3, -0.25) is 4.98 Å². The molecule has 0 aliphatic heterocycles. The molecular formula is C15H17BrN2O. The number of rotatable bonds is 4. The molecule has 0 aliphatic carbocycles. The normalized spacial score (nSPS) is 10.5. The lowest BCUT2D eigenvalue weighted by molar-refractivity contribution is 0.466. The molecule has 2 N–H and O–H groups in total. The average Bonchev–Trinajstić information content (AvgIpc) is 2.41. The van der Waals surface area contributed by atoms with E-state index in [1.54, 1.807) is 0 Å². The van der Waals surface area contributed by atoms with Crippen molar-refractivity contribution in [1.82, 2.24) is 4.98 Å². The Morgan fingerprint density at radius 2 is 2.00 bits per heavy atom. The molecule has 100 valence electrons. The first-order valence-corrected chi connectivity index (χ1v) is 7.06. The molecule has 19 heavy (non-hydrogen) atoms. The summed E-state index contributed by atoms with van der Waals surface area (Å²) in [5.74, 6) is 1.57. The second-order valence-corrected chi connectivity index (χ2v) is 5.13. The molecule has 1 aromatic heterocycles. The molecule has 0 atom stereocenters. The maximum absolute atomic E-state index is 5.99. The van der Waals surface area contributed by atoms with E-state index >= 15 is 0 Å². The molecule has 0 aliphatic rings. The fourth-order valence-electron chi connectivity index (χ4n) is 1.89. The van der Waals surface area contributed by atoms with Gasteiger partial charge in [0.1, 0.15) is 11.5 Å². The van der Waals surface area contributed by atoms with Crippen LogP contribution in [-0.2, 0) is 13.0 Å². The van der Waals surface area contributed by atoms with Crippen LogP contribution in [0.25, 0.3) is 0 Å². The van der Waals surface area contributed by atoms with Gasteiger partial charge in [0, 0.05) is 22.3 Å². The Bertz CT molecular complexity index is 584. The number of aromatic nitrogens is 1. The first-order valence-electron chi connectivity index (χ1n) is 6.27. The Morgan fingerprint density at radius 3 is 2.68 bits per heavy atom. The maximum Gasteiger partial charge on any atom is 0.148 e. The van der Waals surface area contributed by atoms with Gasteiger partial charge in [-0.15, -0.1) is 0 Å². The number of pyridine rings is 1. The van der Waals surface area contributed by atoms with E-state index in [2.05, 4.69) is 27.8 Å². The molecule has 2 rings (SSSR count). The Morgan fingerprint density at radius 1 is 1.21 bits per heavy atom. The Kier molecular flexibility index (Phi) is 4.56. The molecule has 0 amide bonds. The van der Waals surface area contributed by atoms with Gasteiger partial charge in [0.05, 0.1) is 5.69 Å². The third-order valence-corrected chi connectivity index (χ3v) is 3.65. The van der Waals surface area contributed by atoms with Gasteiger partial charge in [-0.1, -0.05) is 28.9 Å². The van der Waals surface area contributed by atoms with Crippen molar-refractivity contribution < 1.29 is 4.74 Å². The number of hydrogen-bond donors (Lipinski definition) is 1. The molecule has 0 saturated heterocycles. The predicted molar refractivity (Wildman–Crippen MR) is 80.5 cm³/mol. The molecule has 2 aromatic rings. The first kappa shape index (κ1) is 14.0. The minimum Gasteiger partial charge on any atom is -0.455 e. The van der Waals surface area contributed by atoms with Crippen LogP contribution in [0.5, 0.6) is 11.5 Å². The van der Waals surface area contributed by atoms with Crippen LogP contribution in [0.1, 0.15) is 23.9 Å². The van der Waals surface area contributed by atoms with Crippen molar-refractivity contribution in [3.8, 4) is 11.5 Å². The highest BCUT2D eigenvalue weighted by molar-refractivity contribution is 9.10. The van der Waals surface area contributed by atoms with Crippen LogP contribution in [0.15, 0.2) is 34.8 Å². The van der Waals surface area contributed by atoms with E-state index in [0.29, 0.717) is 6.54 Å². The molecular weight excluding hydrogens is 304 g/mol. The summed E-state index contributed by atoms with van der Waals surface area (Å²) in [4.78, 5) is 4.50. The van der Waals surface area contributed by atoms with Gasteiger partial charge in [-0.05, 0) is 37.6 Å². The van der Waals surface area contributed by atoms with Crippen LogP contribution in [0.3, 0.4) is 0 Å². The van der Waals surface area contributed by atoms with Crippen LogP contribution >= 0.6 is 15.9 Å². The molecule has 0 unspecified atom stereocenters. The lowest BCUT2D eigenvalue weighted by Gasteiger charge is -2.13. The molecule has 0 bridgehead atoms. The van der Waals surface area contributed by atoms with Crippen LogP contribution in [0.2, 0.25) is 0 Å². The summed E-state index contributed by atoms with van der Waals surface area (Å²) in [6, 6.07) is 9.73. The largest absolute Gasteiger partial charge is 0.455 e.